The number of aryl methyl sites for hydroxylation is 2. The van der Waals surface area contributed by atoms with Gasteiger partial charge in [-0.15, -0.1) is 0 Å². The fourth-order valence-corrected chi connectivity index (χ4v) is 2.48. The fourth-order valence-electron chi connectivity index (χ4n) is 2.48. The molecular weight excluding hydrogens is 302 g/mol. The Morgan fingerprint density at radius 2 is 1.96 bits per heavy atom. The predicted octanol–water partition coefficient (Wildman–Crippen LogP) is 2.58. The number of hydrogen-bond acceptors (Lipinski definition) is 4. The molecule has 24 heavy (non-hydrogen) atoms. The minimum Gasteiger partial charge on any atom is -0.361 e. The van der Waals surface area contributed by atoms with Gasteiger partial charge in [-0.05, 0) is 46.7 Å². The summed E-state index contributed by atoms with van der Waals surface area (Å²) in [4.78, 5) is 6.66. The van der Waals surface area contributed by atoms with Crippen LogP contribution in [0.15, 0.2) is 9.52 Å². The first-order valence-electron chi connectivity index (χ1n) is 9.14. The number of unbranched alkanes of at least 4 members (excludes halogenated alkanes) is 1. The Bertz CT molecular complexity index is 474. The van der Waals surface area contributed by atoms with E-state index in [1.54, 1.807) is 7.05 Å². The van der Waals surface area contributed by atoms with Crippen molar-refractivity contribution in [3.05, 3.63) is 17.0 Å². The van der Waals surface area contributed by atoms with Gasteiger partial charge in [0.15, 0.2) is 5.96 Å². The molecule has 0 bridgehead atoms. The molecule has 2 N–H and O–H groups in total. The Hall–Kier alpha value is -1.56. The summed E-state index contributed by atoms with van der Waals surface area (Å²) in [5.74, 6) is 1.80. The molecule has 0 saturated heterocycles. The second-order valence-corrected chi connectivity index (χ2v) is 6.37. The highest BCUT2D eigenvalue weighted by molar-refractivity contribution is 5.79. The van der Waals surface area contributed by atoms with E-state index < -0.39 is 0 Å². The summed E-state index contributed by atoms with van der Waals surface area (Å²) in [6.45, 7) is 11.4. The molecule has 0 amide bonds. The number of rotatable bonds is 10. The topological polar surface area (TPSA) is 65.7 Å². The molecule has 1 heterocycles. The largest absolute Gasteiger partial charge is 0.361 e. The molecular formula is C18H35N5O. The molecule has 1 rings (SSSR count). The van der Waals surface area contributed by atoms with Crippen molar-refractivity contribution in [2.75, 3.05) is 27.2 Å². The first-order chi connectivity index (χ1) is 11.5. The summed E-state index contributed by atoms with van der Waals surface area (Å²) >= 11 is 0. The fraction of sp³-hybridized carbons (Fsp3) is 0.778. The van der Waals surface area contributed by atoms with Gasteiger partial charge >= 0.3 is 0 Å². The van der Waals surface area contributed by atoms with Gasteiger partial charge in [-0.3, -0.25) is 4.99 Å². The van der Waals surface area contributed by atoms with Crippen molar-refractivity contribution in [3.63, 3.8) is 0 Å². The van der Waals surface area contributed by atoms with Crippen molar-refractivity contribution in [1.29, 1.82) is 0 Å². The van der Waals surface area contributed by atoms with Crippen LogP contribution in [0, 0.1) is 0 Å². The maximum absolute atomic E-state index is 5.40. The van der Waals surface area contributed by atoms with Crippen molar-refractivity contribution in [2.24, 2.45) is 4.99 Å². The van der Waals surface area contributed by atoms with Crippen molar-refractivity contribution in [3.8, 4) is 0 Å². The van der Waals surface area contributed by atoms with E-state index in [1.807, 2.05) is 0 Å². The van der Waals surface area contributed by atoms with Gasteiger partial charge in [0, 0.05) is 38.2 Å². The van der Waals surface area contributed by atoms with Crippen molar-refractivity contribution >= 4 is 5.96 Å². The normalized spacial score (nSPS) is 12.2. The van der Waals surface area contributed by atoms with E-state index in [2.05, 4.69) is 60.4 Å². The average molecular weight is 338 g/mol. The summed E-state index contributed by atoms with van der Waals surface area (Å²) in [7, 11) is 3.98. The van der Waals surface area contributed by atoms with Crippen LogP contribution in [0.25, 0.3) is 0 Å². The number of guanidine groups is 1. The molecule has 1 aromatic rings. The Kier molecular flexibility index (Phi) is 9.45. The molecule has 6 nitrogen and oxygen atoms in total. The van der Waals surface area contributed by atoms with E-state index >= 15 is 0 Å². The molecule has 0 aliphatic rings. The summed E-state index contributed by atoms with van der Waals surface area (Å²) < 4.78 is 5.40. The van der Waals surface area contributed by atoms with Gasteiger partial charge in [-0.25, -0.2) is 0 Å². The standard InChI is InChI=1S/C18H35N5O/c1-7-16-15(17(8-2)24-22-16)13-21-18(19-5)20-11-9-10-12-23(6)14(3)4/h14H,7-13H2,1-6H3,(H2,19,20,21). The molecule has 0 radical (unpaired) electrons. The minimum atomic E-state index is 0.608. The molecule has 0 saturated carbocycles. The lowest BCUT2D eigenvalue weighted by Gasteiger charge is -2.20. The smallest absolute Gasteiger partial charge is 0.191 e. The van der Waals surface area contributed by atoms with E-state index in [1.165, 1.54) is 12.0 Å². The molecule has 1 aromatic heterocycles. The van der Waals surface area contributed by atoms with Crippen LogP contribution in [0.1, 0.15) is 57.6 Å². The average Bonchev–Trinajstić information content (AvgIpc) is 2.98. The van der Waals surface area contributed by atoms with Crippen molar-refractivity contribution in [1.82, 2.24) is 20.7 Å². The van der Waals surface area contributed by atoms with Gasteiger partial charge < -0.3 is 20.1 Å². The lowest BCUT2D eigenvalue weighted by atomic mass is 10.1. The van der Waals surface area contributed by atoms with Crippen LogP contribution in [0.2, 0.25) is 0 Å². The van der Waals surface area contributed by atoms with Crippen LogP contribution in [-0.4, -0.2) is 49.2 Å². The minimum absolute atomic E-state index is 0.608. The van der Waals surface area contributed by atoms with Crippen LogP contribution in [0.3, 0.4) is 0 Å². The van der Waals surface area contributed by atoms with Gasteiger partial charge in [-0.2, -0.15) is 0 Å². The summed E-state index contributed by atoms with van der Waals surface area (Å²) in [6, 6.07) is 0.608. The molecule has 0 spiro atoms. The van der Waals surface area contributed by atoms with Crippen molar-refractivity contribution in [2.45, 2.75) is 66.0 Å². The van der Waals surface area contributed by atoms with Gasteiger partial charge in [0.1, 0.15) is 5.76 Å². The first kappa shape index (κ1) is 20.5. The number of nitrogens with zero attached hydrogens (tertiary/aromatic N) is 3. The monoisotopic (exact) mass is 337 g/mol. The maximum Gasteiger partial charge on any atom is 0.191 e. The lowest BCUT2D eigenvalue weighted by molar-refractivity contribution is 0.268. The molecule has 0 aliphatic heterocycles. The van der Waals surface area contributed by atoms with Crippen LogP contribution < -0.4 is 10.6 Å². The van der Waals surface area contributed by atoms with E-state index in [4.69, 9.17) is 4.52 Å². The third-order valence-corrected chi connectivity index (χ3v) is 4.37. The van der Waals surface area contributed by atoms with Crippen LogP contribution in [0.4, 0.5) is 0 Å². The Balaban J connectivity index is 2.35. The Morgan fingerprint density at radius 1 is 1.21 bits per heavy atom. The zero-order valence-corrected chi connectivity index (χ0v) is 16.3. The van der Waals surface area contributed by atoms with Gasteiger partial charge in [0.2, 0.25) is 0 Å². The third-order valence-electron chi connectivity index (χ3n) is 4.37. The summed E-state index contributed by atoms with van der Waals surface area (Å²) in [6.07, 6.45) is 4.06. The van der Waals surface area contributed by atoms with E-state index in [9.17, 15) is 0 Å². The summed E-state index contributed by atoms with van der Waals surface area (Å²) in [5.41, 5.74) is 2.20. The molecule has 0 atom stereocenters. The van der Waals surface area contributed by atoms with E-state index in [0.717, 1.165) is 49.8 Å². The van der Waals surface area contributed by atoms with Crippen LogP contribution in [0.5, 0.6) is 0 Å². The Labute approximate surface area is 147 Å². The van der Waals surface area contributed by atoms with Gasteiger partial charge in [0.25, 0.3) is 0 Å². The highest BCUT2D eigenvalue weighted by atomic mass is 16.5. The predicted molar refractivity (Wildman–Crippen MR) is 100 cm³/mol. The number of aromatic nitrogens is 1. The number of hydrogen-bond donors (Lipinski definition) is 2. The molecule has 0 aliphatic carbocycles. The molecule has 0 unspecified atom stereocenters. The van der Waals surface area contributed by atoms with Crippen LogP contribution in [-0.2, 0) is 19.4 Å². The number of nitrogens with one attached hydrogen (secondary N) is 2. The SMILES string of the molecule is CCc1noc(CC)c1CNC(=NC)NCCCCN(C)C(C)C. The van der Waals surface area contributed by atoms with Gasteiger partial charge in [-0.1, -0.05) is 19.0 Å². The molecule has 0 fully saturated rings. The first-order valence-corrected chi connectivity index (χ1v) is 9.14. The second-order valence-electron chi connectivity index (χ2n) is 6.37. The quantitative estimate of drug-likeness (QED) is 0.390. The highest BCUT2D eigenvalue weighted by Gasteiger charge is 2.13. The van der Waals surface area contributed by atoms with Crippen LogP contribution >= 0.6 is 0 Å². The third kappa shape index (κ3) is 6.51. The Morgan fingerprint density at radius 3 is 2.54 bits per heavy atom. The molecule has 0 aromatic carbocycles. The highest BCUT2D eigenvalue weighted by Crippen LogP contribution is 2.15. The van der Waals surface area contributed by atoms with Gasteiger partial charge in [0.05, 0.1) is 5.69 Å². The molecule has 6 heteroatoms. The van der Waals surface area contributed by atoms with E-state index in [0.29, 0.717) is 12.6 Å². The molecule has 138 valence electrons. The zero-order chi connectivity index (χ0) is 17.9. The number of aliphatic imine (C=N–C) groups is 1. The zero-order valence-electron chi connectivity index (χ0n) is 16.3. The lowest BCUT2D eigenvalue weighted by Crippen LogP contribution is -2.37. The van der Waals surface area contributed by atoms with E-state index in [-0.39, 0.29) is 0 Å². The maximum atomic E-state index is 5.40. The second kappa shape index (κ2) is 11.1. The summed E-state index contributed by atoms with van der Waals surface area (Å²) in [5, 5.41) is 10.9. The van der Waals surface area contributed by atoms with Crippen molar-refractivity contribution < 1.29 is 4.52 Å².